The van der Waals surface area contributed by atoms with E-state index in [1.54, 1.807) is 0 Å². The summed E-state index contributed by atoms with van der Waals surface area (Å²) >= 11 is 0. The molecule has 289 valence electrons. The van der Waals surface area contributed by atoms with Crippen molar-refractivity contribution in [3.63, 3.8) is 0 Å². The van der Waals surface area contributed by atoms with E-state index >= 15 is 0 Å². The Morgan fingerprint density at radius 2 is 0.780 bits per heavy atom. The number of nitrogens with zero attached hydrogens (tertiary/aromatic N) is 4. The maximum Gasteiger partial charge on any atom is 0.203 e. The minimum absolute atomic E-state index is 0.439. The minimum Gasteiger partial charge on any atom is -0.440 e. The monoisotopic (exact) mass is 753 g/mol. The van der Waals surface area contributed by atoms with Gasteiger partial charge in [0.25, 0.3) is 0 Å². The van der Waals surface area contributed by atoms with Crippen molar-refractivity contribution in [2.45, 2.75) is 229 Å². The van der Waals surface area contributed by atoms with Crippen molar-refractivity contribution >= 4 is 23.2 Å². The van der Waals surface area contributed by atoms with Crippen LogP contribution in [0.15, 0.2) is 4.52 Å². The van der Waals surface area contributed by atoms with Crippen LogP contribution in [0.4, 0.5) is 0 Å². The van der Waals surface area contributed by atoms with E-state index in [0.29, 0.717) is 36.3 Å². The zero-order valence-electron chi connectivity index (χ0n) is 32.3. The third-order valence-electron chi connectivity index (χ3n) is 13.6. The van der Waals surface area contributed by atoms with Gasteiger partial charge in [0.2, 0.25) is 15.4 Å². The van der Waals surface area contributed by atoms with E-state index in [1.165, 1.54) is 193 Å². The van der Waals surface area contributed by atoms with E-state index in [-0.39, 0.29) is 0 Å². The molecule has 0 amide bonds. The lowest BCUT2D eigenvalue weighted by Crippen LogP contribution is -2.56. The van der Waals surface area contributed by atoms with E-state index < -0.39 is 23.2 Å². The van der Waals surface area contributed by atoms with Crippen molar-refractivity contribution in [2.75, 3.05) is 14.1 Å². The zero-order chi connectivity index (χ0) is 34.3. The first-order valence-electron chi connectivity index (χ1n) is 22.0. The highest BCUT2D eigenvalue weighted by molar-refractivity contribution is 7.94. The van der Waals surface area contributed by atoms with Crippen molar-refractivity contribution in [1.29, 1.82) is 0 Å². The number of hydrogen-bond donors (Lipinski definition) is 5. The maximum absolute atomic E-state index is 6.52. The van der Waals surface area contributed by atoms with E-state index in [2.05, 4.69) is 48.4 Å². The summed E-state index contributed by atoms with van der Waals surface area (Å²) in [5.74, 6) is 0. The van der Waals surface area contributed by atoms with Crippen molar-refractivity contribution in [3.8, 4) is 0 Å². The molecule has 9 nitrogen and oxygen atoms in total. The Bertz CT molecular complexity index is 1010. The second-order valence-corrected chi connectivity index (χ2v) is 26.4. The predicted molar refractivity (Wildman–Crippen MR) is 219 cm³/mol. The first-order chi connectivity index (χ1) is 24.5. The molecule has 7 aliphatic rings. The number of hydrogen-bond acceptors (Lipinski definition) is 8. The lowest BCUT2D eigenvalue weighted by atomic mass is 9.96. The Morgan fingerprint density at radius 3 is 1.18 bits per heavy atom. The molecule has 1 unspecified atom stereocenters. The van der Waals surface area contributed by atoms with Crippen molar-refractivity contribution in [3.05, 3.63) is 5.09 Å². The molecule has 5 N–H and O–H groups in total. The van der Waals surface area contributed by atoms with Gasteiger partial charge in [-0.25, -0.2) is 0 Å². The molecular formula is C38H77N9P3. The second-order valence-electron chi connectivity index (χ2n) is 17.6. The Morgan fingerprint density at radius 1 is 0.440 bits per heavy atom. The molecule has 0 aromatic carbocycles. The Balaban J connectivity index is 1.39. The Kier molecular flexibility index (Phi) is 14.5. The molecular weight excluding hydrogens is 675 g/mol. The number of nitrogens with one attached hydrogen (secondary N) is 5. The largest absolute Gasteiger partial charge is 0.440 e. The van der Waals surface area contributed by atoms with Crippen LogP contribution >= 0.6 is 23.2 Å². The van der Waals surface area contributed by atoms with E-state index in [9.17, 15) is 0 Å². The van der Waals surface area contributed by atoms with Crippen LogP contribution in [0.3, 0.4) is 0 Å². The van der Waals surface area contributed by atoms with Crippen LogP contribution in [0.25, 0.3) is 5.09 Å². The summed E-state index contributed by atoms with van der Waals surface area (Å²) in [4.78, 5) is 0. The van der Waals surface area contributed by atoms with Gasteiger partial charge in [-0.1, -0.05) is 137 Å². The smallest absolute Gasteiger partial charge is 0.203 e. The van der Waals surface area contributed by atoms with Crippen LogP contribution in [0.2, 0.25) is 0 Å². The zero-order valence-corrected chi connectivity index (χ0v) is 35.0. The summed E-state index contributed by atoms with van der Waals surface area (Å²) in [6, 6.07) is 3.08. The summed E-state index contributed by atoms with van der Waals surface area (Å²) in [5, 5.41) is 29.2. The summed E-state index contributed by atoms with van der Waals surface area (Å²) in [5.41, 5.74) is 0. The van der Waals surface area contributed by atoms with Crippen molar-refractivity contribution in [1.82, 2.24) is 34.3 Å². The number of rotatable bonds is 12. The first-order valence-corrected chi connectivity index (χ1v) is 27.0. The highest BCUT2D eigenvalue weighted by atomic mass is 31.3. The lowest BCUT2D eigenvalue weighted by molar-refractivity contribution is 0.383. The fraction of sp³-hybridized carbons (Fsp3) is 1.00. The average molecular weight is 753 g/mol. The molecule has 1 aliphatic heterocycles. The molecule has 0 spiro atoms. The van der Waals surface area contributed by atoms with Gasteiger partial charge < -0.3 is 5.09 Å². The lowest BCUT2D eigenvalue weighted by Gasteiger charge is -2.63. The second kappa shape index (κ2) is 18.6. The van der Waals surface area contributed by atoms with E-state index in [0.717, 1.165) is 0 Å². The van der Waals surface area contributed by atoms with Gasteiger partial charge in [0.15, 0.2) is 7.87 Å². The van der Waals surface area contributed by atoms with Gasteiger partial charge in [-0.3, -0.25) is 20.3 Å². The molecule has 50 heavy (non-hydrogen) atoms. The SMILES string of the molecule is CN1[P](NC2CCCCC2)(NC2CCCCC2)N=P(NC2CCCCC2)(NC2CCCCC2)N(C)[P+]1([N-]C1CCCCC1)NC1CCCCC1. The van der Waals surface area contributed by atoms with Crippen LogP contribution in [-0.2, 0) is 0 Å². The molecule has 1 heterocycles. The molecule has 6 saturated carbocycles. The Labute approximate surface area is 309 Å². The van der Waals surface area contributed by atoms with Gasteiger partial charge in [-0.05, 0) is 64.2 Å². The average Bonchev–Trinajstić information content (AvgIpc) is 3.16. The third-order valence-corrected chi connectivity index (χ3v) is 26.3. The summed E-state index contributed by atoms with van der Waals surface area (Å²) < 4.78 is 12.2. The van der Waals surface area contributed by atoms with Crippen LogP contribution in [0.1, 0.15) is 193 Å². The van der Waals surface area contributed by atoms with Crippen LogP contribution < -0.4 is 25.4 Å². The first kappa shape index (κ1) is 39.0. The molecule has 7 rings (SSSR count). The molecule has 0 aromatic heterocycles. The van der Waals surface area contributed by atoms with Crippen LogP contribution in [0.5, 0.6) is 0 Å². The normalized spacial score (nSPS) is 32.6. The fourth-order valence-corrected chi connectivity index (χ4v) is 25.9. The maximum atomic E-state index is 6.52. The van der Waals surface area contributed by atoms with Crippen LogP contribution in [-0.4, -0.2) is 59.2 Å². The minimum atomic E-state index is -2.44. The summed E-state index contributed by atoms with van der Waals surface area (Å²) in [6.07, 6.45) is 39.8. The Hall–Kier alpha value is 0.770. The highest BCUT2D eigenvalue weighted by Gasteiger charge is 2.62. The van der Waals surface area contributed by atoms with Gasteiger partial charge in [0, 0.05) is 44.3 Å². The van der Waals surface area contributed by atoms with Gasteiger partial charge >= 0.3 is 0 Å². The van der Waals surface area contributed by atoms with Gasteiger partial charge in [-0.15, -0.1) is 6.04 Å². The van der Waals surface area contributed by atoms with Crippen molar-refractivity contribution in [2.24, 2.45) is 4.52 Å². The molecule has 0 saturated heterocycles. The summed E-state index contributed by atoms with van der Waals surface area (Å²) in [7, 11) is -2.32. The molecule has 0 bridgehead atoms. The van der Waals surface area contributed by atoms with E-state index in [4.69, 9.17) is 9.60 Å². The highest BCUT2D eigenvalue weighted by Crippen LogP contribution is 2.89. The summed E-state index contributed by atoms with van der Waals surface area (Å²) in [6.45, 7) is 0. The van der Waals surface area contributed by atoms with E-state index in [1.807, 2.05) is 0 Å². The molecule has 6 fully saturated rings. The molecule has 12 heteroatoms. The molecule has 0 aromatic rings. The molecule has 1 radical (unpaired) electrons. The third kappa shape index (κ3) is 9.41. The van der Waals surface area contributed by atoms with Gasteiger partial charge in [0.05, 0.1) is 0 Å². The predicted octanol–water partition coefficient (Wildman–Crippen LogP) is 11.5. The fourth-order valence-electron chi connectivity index (χ4n) is 10.6. The van der Waals surface area contributed by atoms with Gasteiger partial charge in [0.1, 0.15) is 0 Å². The standard InChI is InChI=1S/C38H77N9P3/c1-46-48(39-33-21-9-3-10-22-33,40-34-23-11-4-12-24-34)45-49(41-35-25-13-5-14-26-35,42-36-27-15-6-16-28-36)47(2)50(46,43-37-29-17-7-18-30-37)44-38-31-19-8-20-32-38/h33-43H,3-32H2,1-2H3. The topological polar surface area (TPSA) is 93.1 Å². The van der Waals surface area contributed by atoms with Crippen molar-refractivity contribution < 1.29 is 0 Å². The van der Waals surface area contributed by atoms with Crippen LogP contribution in [0, 0.1) is 0 Å². The molecule has 1 atom stereocenters. The van der Waals surface area contributed by atoms with Gasteiger partial charge in [-0.2, -0.15) is 9.60 Å². The quantitative estimate of drug-likeness (QED) is 0.127. The molecule has 6 aliphatic carbocycles.